The smallest absolute Gasteiger partial charge is 0.318 e. The van der Waals surface area contributed by atoms with Crippen molar-refractivity contribution in [3.63, 3.8) is 0 Å². The summed E-state index contributed by atoms with van der Waals surface area (Å²) in [6, 6.07) is 3.46. The molecule has 0 radical (unpaired) electrons. The molecule has 2 aliphatic rings. The van der Waals surface area contributed by atoms with Gasteiger partial charge in [-0.2, -0.15) is 0 Å². The van der Waals surface area contributed by atoms with E-state index in [2.05, 4.69) is 30.9 Å². The van der Waals surface area contributed by atoms with Crippen LogP contribution in [-0.2, 0) is 4.79 Å². The molecule has 4 N–H and O–H groups in total. The number of fused-ring (bicyclic) bond motifs is 1. The molecule has 2 amide bonds. The quantitative estimate of drug-likeness (QED) is 0.378. The van der Waals surface area contributed by atoms with E-state index >= 15 is 0 Å². The number of aliphatic imine (C=N–C) groups is 1. The van der Waals surface area contributed by atoms with Crippen LogP contribution in [0.4, 0.5) is 10.5 Å². The molecule has 2 aliphatic heterocycles. The number of aromatic nitrogens is 3. The maximum atomic E-state index is 13.1. The Balaban J connectivity index is 1.73. The number of piperidine rings is 1. The number of carboxylic acid groups (broad SMARTS) is 1. The predicted octanol–water partition coefficient (Wildman–Crippen LogP) is 3.14. The number of nitrogens with one attached hydrogen (secondary N) is 3. The lowest BCUT2D eigenvalue weighted by atomic mass is 9.68. The van der Waals surface area contributed by atoms with E-state index in [0.717, 1.165) is 27.2 Å². The van der Waals surface area contributed by atoms with Gasteiger partial charge in [0.1, 0.15) is 0 Å². The number of allylic oxidation sites excluding steroid dienone is 1. The van der Waals surface area contributed by atoms with Crippen LogP contribution in [0, 0.1) is 18.3 Å². The number of benzene rings is 1. The summed E-state index contributed by atoms with van der Waals surface area (Å²) in [6.07, 6.45) is 8.88. The van der Waals surface area contributed by atoms with E-state index < -0.39 is 29.1 Å². The predicted molar refractivity (Wildman–Crippen MR) is 147 cm³/mol. The standard InChI is InChI=1S/C26H30N8O3S/c1-4-28-24(37)33-26(20-14-27-8-6-25(20,3)23(35)36)32-7-5-11-34(26)17-12-18(21-16(2)29-9-10-30-21)22-19(13-17)31-15-38-22/h5,7,9-13,15,20,27H,4,6,8,14H2,1-3H3,(H,35,36)(H2,28,33,37). The van der Waals surface area contributed by atoms with Crippen LogP contribution in [-0.4, -0.2) is 63.7 Å². The van der Waals surface area contributed by atoms with Crippen molar-refractivity contribution in [1.82, 2.24) is 30.9 Å². The van der Waals surface area contributed by atoms with Crippen LogP contribution in [0.2, 0.25) is 0 Å². The van der Waals surface area contributed by atoms with Crippen LogP contribution in [0.15, 0.2) is 47.3 Å². The molecule has 3 aromatic rings. The highest BCUT2D eigenvalue weighted by atomic mass is 32.1. The van der Waals surface area contributed by atoms with Gasteiger partial charge in [0.25, 0.3) is 0 Å². The summed E-state index contributed by atoms with van der Waals surface area (Å²) in [4.78, 5) is 46.0. The Bertz CT molecular complexity index is 1440. The number of thiazole rings is 1. The fraction of sp³-hybridized carbons (Fsp3) is 0.385. The number of carboxylic acids is 1. The second-order valence-electron chi connectivity index (χ2n) is 9.61. The summed E-state index contributed by atoms with van der Waals surface area (Å²) < 4.78 is 0.957. The highest BCUT2D eigenvalue weighted by Gasteiger charge is 2.57. The minimum absolute atomic E-state index is 0.339. The zero-order valence-electron chi connectivity index (χ0n) is 21.4. The number of anilines is 1. The van der Waals surface area contributed by atoms with Crippen LogP contribution in [0.3, 0.4) is 0 Å². The third-order valence-corrected chi connectivity index (χ3v) is 8.21. The molecular weight excluding hydrogens is 504 g/mol. The molecule has 38 heavy (non-hydrogen) atoms. The van der Waals surface area contributed by atoms with Gasteiger partial charge in [0.15, 0.2) is 0 Å². The lowest BCUT2D eigenvalue weighted by Crippen LogP contribution is -2.71. The lowest BCUT2D eigenvalue weighted by molar-refractivity contribution is -0.155. The SMILES string of the molecule is CCNC(=O)NC1(C2CNCCC2(C)C(=O)O)N=CC=CN1c1cc(-c2nccnc2C)c2scnc2c1. The van der Waals surface area contributed by atoms with E-state index in [1.54, 1.807) is 37.1 Å². The van der Waals surface area contributed by atoms with Gasteiger partial charge < -0.3 is 20.6 Å². The Labute approximate surface area is 224 Å². The average Bonchev–Trinajstić information content (AvgIpc) is 3.38. The minimum Gasteiger partial charge on any atom is -0.481 e. The van der Waals surface area contributed by atoms with Crippen molar-refractivity contribution in [2.24, 2.45) is 16.3 Å². The minimum atomic E-state index is -1.44. The highest BCUT2D eigenvalue weighted by molar-refractivity contribution is 7.17. The van der Waals surface area contributed by atoms with E-state index in [0.29, 0.717) is 31.7 Å². The maximum absolute atomic E-state index is 13.1. The molecule has 1 saturated heterocycles. The van der Waals surface area contributed by atoms with Gasteiger partial charge in [-0.15, -0.1) is 11.3 Å². The molecule has 3 unspecified atom stereocenters. The van der Waals surface area contributed by atoms with Gasteiger partial charge in [0.2, 0.25) is 5.79 Å². The first-order valence-electron chi connectivity index (χ1n) is 12.5. The molecule has 5 rings (SSSR count). The fourth-order valence-corrected chi connectivity index (χ4v) is 6.11. The van der Waals surface area contributed by atoms with Crippen LogP contribution >= 0.6 is 11.3 Å². The normalized spacial score (nSPS) is 24.9. The van der Waals surface area contributed by atoms with Crippen LogP contribution < -0.4 is 20.9 Å². The molecule has 0 aliphatic carbocycles. The lowest BCUT2D eigenvalue weighted by Gasteiger charge is -2.52. The van der Waals surface area contributed by atoms with Gasteiger partial charge in [-0.3, -0.25) is 20.1 Å². The van der Waals surface area contributed by atoms with E-state index in [4.69, 9.17) is 4.99 Å². The molecule has 0 saturated carbocycles. The van der Waals surface area contributed by atoms with Crippen molar-refractivity contribution in [1.29, 1.82) is 0 Å². The van der Waals surface area contributed by atoms with Crippen LogP contribution in [0.1, 0.15) is 26.0 Å². The Kier molecular flexibility index (Phi) is 6.84. The van der Waals surface area contributed by atoms with Gasteiger partial charge in [-0.1, -0.05) is 0 Å². The summed E-state index contributed by atoms with van der Waals surface area (Å²) in [6.45, 7) is 6.75. The number of carbonyl (C=O) groups is 2. The van der Waals surface area contributed by atoms with E-state index in [1.807, 2.05) is 37.1 Å². The molecule has 3 atom stereocenters. The van der Waals surface area contributed by atoms with E-state index in [-0.39, 0.29) is 0 Å². The van der Waals surface area contributed by atoms with Crippen LogP contribution in [0.5, 0.6) is 0 Å². The molecule has 0 bridgehead atoms. The first kappa shape index (κ1) is 25.7. The number of carbonyl (C=O) groups excluding carboxylic acids is 1. The van der Waals surface area contributed by atoms with E-state index in [1.165, 1.54) is 11.3 Å². The number of urea groups is 1. The number of rotatable bonds is 6. The fourth-order valence-electron chi connectivity index (χ4n) is 5.33. The number of hydrogen-bond donors (Lipinski definition) is 4. The third-order valence-electron chi connectivity index (χ3n) is 7.34. The Morgan fingerprint density at radius 1 is 1.26 bits per heavy atom. The van der Waals surface area contributed by atoms with Gasteiger partial charge in [0.05, 0.1) is 38.4 Å². The molecule has 198 valence electrons. The zero-order chi connectivity index (χ0) is 26.9. The first-order valence-corrected chi connectivity index (χ1v) is 13.3. The number of hydrogen-bond acceptors (Lipinski definition) is 9. The van der Waals surface area contributed by atoms with Crippen molar-refractivity contribution in [3.8, 4) is 11.3 Å². The van der Waals surface area contributed by atoms with Gasteiger partial charge >= 0.3 is 12.0 Å². The number of aryl methyl sites for hydroxylation is 1. The molecule has 12 heteroatoms. The summed E-state index contributed by atoms with van der Waals surface area (Å²) in [5, 5.41) is 19.5. The van der Waals surface area contributed by atoms with Gasteiger partial charge in [0, 0.05) is 49.1 Å². The molecular formula is C26H30N8O3S. The summed E-state index contributed by atoms with van der Waals surface area (Å²) in [5.41, 5.74) is 4.40. The topological polar surface area (TPSA) is 145 Å². The Morgan fingerprint density at radius 3 is 2.84 bits per heavy atom. The second-order valence-corrected chi connectivity index (χ2v) is 10.5. The van der Waals surface area contributed by atoms with Crippen molar-refractivity contribution in [3.05, 3.63) is 48.0 Å². The van der Waals surface area contributed by atoms with Crippen molar-refractivity contribution < 1.29 is 14.7 Å². The van der Waals surface area contributed by atoms with Crippen molar-refractivity contribution >= 4 is 45.5 Å². The largest absolute Gasteiger partial charge is 0.481 e. The van der Waals surface area contributed by atoms with Crippen molar-refractivity contribution in [2.75, 3.05) is 24.5 Å². The number of aliphatic carboxylic acids is 1. The molecule has 1 aromatic carbocycles. The molecule has 11 nitrogen and oxygen atoms in total. The van der Waals surface area contributed by atoms with Crippen LogP contribution in [0.25, 0.3) is 21.5 Å². The average molecular weight is 535 g/mol. The van der Waals surface area contributed by atoms with Gasteiger partial charge in [-0.25, -0.2) is 14.8 Å². The number of nitrogens with zero attached hydrogens (tertiary/aromatic N) is 5. The monoisotopic (exact) mass is 534 g/mol. The Hall–Kier alpha value is -3.90. The summed E-state index contributed by atoms with van der Waals surface area (Å²) >= 11 is 1.51. The molecule has 2 aromatic heterocycles. The molecule has 4 heterocycles. The van der Waals surface area contributed by atoms with Crippen molar-refractivity contribution in [2.45, 2.75) is 33.0 Å². The third kappa shape index (κ3) is 4.29. The Morgan fingerprint density at radius 2 is 2.08 bits per heavy atom. The van der Waals surface area contributed by atoms with Gasteiger partial charge in [-0.05, 0) is 51.9 Å². The first-order chi connectivity index (χ1) is 18.3. The van der Waals surface area contributed by atoms with E-state index in [9.17, 15) is 14.7 Å². The molecule has 0 spiro atoms. The highest BCUT2D eigenvalue weighted by Crippen LogP contribution is 2.46. The molecule has 1 fully saturated rings. The summed E-state index contributed by atoms with van der Waals surface area (Å²) in [5.74, 6) is -3.00. The second kappa shape index (κ2) is 10.1. The summed E-state index contributed by atoms with van der Waals surface area (Å²) in [7, 11) is 0. The maximum Gasteiger partial charge on any atom is 0.318 e. The zero-order valence-corrected chi connectivity index (χ0v) is 22.2. The number of amides is 2.